The zero-order valence-corrected chi connectivity index (χ0v) is 24.7. The smallest absolute Gasteiger partial charge is 0.305 e. The maximum atomic E-state index is 11.9. The molecule has 0 bridgehead atoms. The van der Waals surface area contributed by atoms with Crippen molar-refractivity contribution in [3.05, 3.63) is 24.3 Å². The van der Waals surface area contributed by atoms with E-state index in [0.29, 0.717) is 13.0 Å². The monoisotopic (exact) mass is 504 g/mol. The molecule has 0 amide bonds. The Morgan fingerprint density at radius 2 is 0.861 bits per heavy atom. The largest absolute Gasteiger partial charge is 0.466 e. The van der Waals surface area contributed by atoms with Crippen molar-refractivity contribution in [1.82, 2.24) is 0 Å². The lowest BCUT2D eigenvalue weighted by Crippen LogP contribution is -2.05. The molecule has 0 rings (SSSR count). The number of allylic oxidation sites excluding steroid dienone is 4. The quantitative estimate of drug-likeness (QED) is 0.0575. The number of rotatable bonds is 29. The van der Waals surface area contributed by atoms with Gasteiger partial charge in [0.1, 0.15) is 0 Å². The van der Waals surface area contributed by atoms with Crippen LogP contribution in [0.4, 0.5) is 0 Å². The van der Waals surface area contributed by atoms with Crippen molar-refractivity contribution >= 4 is 5.97 Å². The molecule has 0 aliphatic carbocycles. The third-order valence-corrected chi connectivity index (χ3v) is 7.09. The molecule has 0 saturated carbocycles. The Morgan fingerprint density at radius 1 is 0.472 bits per heavy atom. The van der Waals surface area contributed by atoms with E-state index in [9.17, 15) is 4.79 Å². The van der Waals surface area contributed by atoms with Crippen LogP contribution in [-0.2, 0) is 9.53 Å². The van der Waals surface area contributed by atoms with E-state index >= 15 is 0 Å². The van der Waals surface area contributed by atoms with E-state index < -0.39 is 0 Å². The van der Waals surface area contributed by atoms with Gasteiger partial charge in [-0.2, -0.15) is 0 Å². The average Bonchev–Trinajstić information content (AvgIpc) is 2.88. The molecule has 0 heterocycles. The summed E-state index contributed by atoms with van der Waals surface area (Å²) in [5.74, 6) is 0.0145. The molecule has 0 fully saturated rings. The summed E-state index contributed by atoms with van der Waals surface area (Å²) >= 11 is 0. The first-order valence-electron chi connectivity index (χ1n) is 16.3. The summed E-state index contributed by atoms with van der Waals surface area (Å²) in [5, 5.41) is 0. The Bertz CT molecular complexity index is 480. The van der Waals surface area contributed by atoms with E-state index in [2.05, 4.69) is 38.2 Å². The maximum absolute atomic E-state index is 11.9. The van der Waals surface area contributed by atoms with Gasteiger partial charge in [-0.1, -0.05) is 154 Å². The Kier molecular flexibility index (Phi) is 31.0. The molecular weight excluding hydrogens is 440 g/mol. The Labute approximate surface area is 227 Å². The Morgan fingerprint density at radius 3 is 1.39 bits per heavy atom. The predicted molar refractivity (Wildman–Crippen MR) is 161 cm³/mol. The summed E-state index contributed by atoms with van der Waals surface area (Å²) in [5.41, 5.74) is 0. The number of esters is 1. The molecule has 2 heteroatoms. The second-order valence-corrected chi connectivity index (χ2v) is 10.8. The second-order valence-electron chi connectivity index (χ2n) is 10.8. The third kappa shape index (κ3) is 31.0. The summed E-state index contributed by atoms with van der Waals surface area (Å²) in [6.45, 7) is 5.15. The first kappa shape index (κ1) is 35.0. The van der Waals surface area contributed by atoms with Crippen molar-refractivity contribution in [1.29, 1.82) is 0 Å². The van der Waals surface area contributed by atoms with Crippen LogP contribution in [0.3, 0.4) is 0 Å². The van der Waals surface area contributed by atoms with E-state index in [1.165, 1.54) is 141 Å². The lowest BCUT2D eigenvalue weighted by molar-refractivity contribution is -0.143. The average molecular weight is 505 g/mol. The molecule has 212 valence electrons. The highest BCUT2D eigenvalue weighted by molar-refractivity contribution is 5.69. The van der Waals surface area contributed by atoms with Crippen molar-refractivity contribution in [3.8, 4) is 0 Å². The van der Waals surface area contributed by atoms with Gasteiger partial charge >= 0.3 is 5.97 Å². The van der Waals surface area contributed by atoms with Crippen LogP contribution in [0.1, 0.15) is 181 Å². The first-order valence-corrected chi connectivity index (χ1v) is 16.3. The number of unbranched alkanes of at least 4 members (excludes halogenated alkanes) is 21. The van der Waals surface area contributed by atoms with Crippen LogP contribution < -0.4 is 0 Å². The summed E-state index contributed by atoms with van der Waals surface area (Å²) in [4.78, 5) is 11.9. The number of hydrogen-bond donors (Lipinski definition) is 0. The molecule has 0 N–H and O–H groups in total. The lowest BCUT2D eigenvalue weighted by Gasteiger charge is -2.05. The third-order valence-electron chi connectivity index (χ3n) is 7.09. The summed E-state index contributed by atoms with van der Waals surface area (Å²) in [6.07, 6.45) is 42.2. The molecule has 0 aromatic carbocycles. The minimum atomic E-state index is 0.0145. The second kappa shape index (κ2) is 32.0. The lowest BCUT2D eigenvalue weighted by atomic mass is 10.0. The van der Waals surface area contributed by atoms with Gasteiger partial charge in [-0.15, -0.1) is 0 Å². The predicted octanol–water partition coefficient (Wildman–Crippen LogP) is 11.8. The van der Waals surface area contributed by atoms with E-state index in [-0.39, 0.29) is 5.97 Å². The normalized spacial score (nSPS) is 11.7. The molecule has 0 aliphatic rings. The van der Waals surface area contributed by atoms with Crippen molar-refractivity contribution in [3.63, 3.8) is 0 Å². The van der Waals surface area contributed by atoms with Crippen molar-refractivity contribution in [2.75, 3.05) is 6.61 Å². The van der Waals surface area contributed by atoms with Crippen LogP contribution in [0.25, 0.3) is 0 Å². The number of carbonyl (C=O) groups is 1. The fourth-order valence-electron chi connectivity index (χ4n) is 4.64. The maximum Gasteiger partial charge on any atom is 0.305 e. The molecule has 0 spiro atoms. The summed E-state index contributed by atoms with van der Waals surface area (Å²) < 4.78 is 5.41. The molecule has 0 atom stereocenters. The highest BCUT2D eigenvalue weighted by atomic mass is 16.5. The molecule has 0 aliphatic heterocycles. The molecular formula is C34H64O2. The van der Waals surface area contributed by atoms with Gasteiger partial charge in [-0.3, -0.25) is 4.79 Å². The molecule has 0 unspecified atom stereocenters. The van der Waals surface area contributed by atoms with Gasteiger partial charge in [0.2, 0.25) is 0 Å². The van der Waals surface area contributed by atoms with Gasteiger partial charge in [0.15, 0.2) is 0 Å². The van der Waals surface area contributed by atoms with Gasteiger partial charge in [0.05, 0.1) is 6.61 Å². The van der Waals surface area contributed by atoms with Gasteiger partial charge in [-0.25, -0.2) is 0 Å². The topological polar surface area (TPSA) is 26.3 Å². The van der Waals surface area contributed by atoms with Crippen LogP contribution >= 0.6 is 0 Å². The Balaban J connectivity index is 3.22. The highest BCUT2D eigenvalue weighted by Crippen LogP contribution is 2.13. The van der Waals surface area contributed by atoms with Crippen molar-refractivity contribution in [2.24, 2.45) is 0 Å². The molecule has 0 saturated heterocycles. The highest BCUT2D eigenvalue weighted by Gasteiger charge is 2.02. The minimum Gasteiger partial charge on any atom is -0.466 e. The van der Waals surface area contributed by atoms with Crippen LogP contribution in [0.2, 0.25) is 0 Å². The molecule has 36 heavy (non-hydrogen) atoms. The first-order chi connectivity index (χ1) is 17.8. The van der Waals surface area contributed by atoms with Crippen LogP contribution in [0, 0.1) is 0 Å². The molecule has 0 radical (unpaired) electrons. The van der Waals surface area contributed by atoms with Gasteiger partial charge in [0.25, 0.3) is 0 Å². The zero-order chi connectivity index (χ0) is 26.2. The summed E-state index contributed by atoms with van der Waals surface area (Å²) in [6, 6.07) is 0. The minimum absolute atomic E-state index is 0.0145. The molecule has 2 nitrogen and oxygen atoms in total. The molecule has 0 aromatic heterocycles. The van der Waals surface area contributed by atoms with E-state index in [1.807, 2.05) is 0 Å². The Hall–Kier alpha value is -1.05. The fraction of sp³-hybridized carbons (Fsp3) is 0.853. The van der Waals surface area contributed by atoms with Crippen molar-refractivity contribution < 1.29 is 9.53 Å². The van der Waals surface area contributed by atoms with Gasteiger partial charge in [0, 0.05) is 6.42 Å². The van der Waals surface area contributed by atoms with E-state index in [0.717, 1.165) is 19.3 Å². The van der Waals surface area contributed by atoms with Crippen LogP contribution in [-0.4, -0.2) is 12.6 Å². The van der Waals surface area contributed by atoms with E-state index in [1.54, 1.807) is 0 Å². The molecule has 0 aromatic rings. The summed E-state index contributed by atoms with van der Waals surface area (Å²) in [7, 11) is 0. The van der Waals surface area contributed by atoms with Crippen LogP contribution in [0.15, 0.2) is 24.3 Å². The zero-order valence-electron chi connectivity index (χ0n) is 24.7. The number of ether oxygens (including phenoxy) is 1. The standard InChI is InChI=1S/C34H64O2/c1-3-5-7-9-11-13-15-17-18-19-21-23-25-27-29-31-33-36-34(35)32-30-28-26-24-22-20-16-14-12-10-8-6-4-2/h11,13,17-18H,3-10,12,14-16,19-33H2,1-2H3. The van der Waals surface area contributed by atoms with Crippen LogP contribution in [0.5, 0.6) is 0 Å². The van der Waals surface area contributed by atoms with E-state index in [4.69, 9.17) is 4.74 Å². The van der Waals surface area contributed by atoms with Gasteiger partial charge in [-0.05, 0) is 44.9 Å². The number of carbonyl (C=O) groups excluding carboxylic acids is 1. The SMILES string of the molecule is CCCCCC=CCC=CCCCCCCCCOC(=O)CCCCCCCCCCCCCCC. The number of hydrogen-bond acceptors (Lipinski definition) is 2. The fourth-order valence-corrected chi connectivity index (χ4v) is 4.64. The van der Waals surface area contributed by atoms with Crippen molar-refractivity contribution in [2.45, 2.75) is 181 Å². The van der Waals surface area contributed by atoms with Gasteiger partial charge < -0.3 is 4.74 Å².